The maximum atomic E-state index is 9.39. The van der Waals surface area contributed by atoms with Crippen LogP contribution in [-0.2, 0) is 4.74 Å². The van der Waals surface area contributed by atoms with Gasteiger partial charge in [0, 0.05) is 6.54 Å². The zero-order valence-electron chi connectivity index (χ0n) is 9.91. The number of aliphatic hydroxyl groups excluding tert-OH is 2. The molecule has 1 saturated heterocycles. The molecule has 0 bridgehead atoms. The average molecular weight is 238 g/mol. The van der Waals surface area contributed by atoms with Crippen LogP contribution in [0.2, 0.25) is 0 Å². The van der Waals surface area contributed by atoms with E-state index < -0.39 is 6.10 Å². The first kappa shape index (κ1) is 12.3. The summed E-state index contributed by atoms with van der Waals surface area (Å²) in [6.45, 7) is 3.70. The number of morpholine rings is 1. The smallest absolute Gasteiger partial charge is 0.0931 e. The molecule has 1 aliphatic heterocycles. The summed E-state index contributed by atoms with van der Waals surface area (Å²) < 4.78 is 5.32. The van der Waals surface area contributed by atoms with Gasteiger partial charge in [0.2, 0.25) is 0 Å². The summed E-state index contributed by atoms with van der Waals surface area (Å²) in [5, 5.41) is 18.7. The number of nitrogens with zero attached hydrogens (tertiary/aromatic N) is 2. The molecule has 1 unspecified atom stereocenters. The molecule has 1 aliphatic rings. The minimum atomic E-state index is -0.553. The van der Waals surface area contributed by atoms with Crippen molar-refractivity contribution < 1.29 is 14.9 Å². The highest BCUT2D eigenvalue weighted by molar-refractivity contribution is 5.46. The molecule has 0 radical (unpaired) electrons. The highest BCUT2D eigenvalue weighted by Gasteiger charge is 2.22. The van der Waals surface area contributed by atoms with Crippen LogP contribution in [0.3, 0.4) is 0 Å². The SMILES string of the molecule is C[C@@H](O)c1ccc(N2CCOCC2CO)cn1. The van der Waals surface area contributed by atoms with Crippen LogP contribution in [0.5, 0.6) is 0 Å². The van der Waals surface area contributed by atoms with Crippen molar-refractivity contribution >= 4 is 5.69 Å². The third kappa shape index (κ3) is 2.74. The minimum absolute atomic E-state index is 0.0112. The van der Waals surface area contributed by atoms with Gasteiger partial charge in [-0.15, -0.1) is 0 Å². The van der Waals surface area contributed by atoms with Gasteiger partial charge in [-0.25, -0.2) is 0 Å². The molecule has 0 aromatic carbocycles. The van der Waals surface area contributed by atoms with Crippen molar-refractivity contribution in [3.05, 3.63) is 24.0 Å². The van der Waals surface area contributed by atoms with Crippen LogP contribution in [0.15, 0.2) is 18.3 Å². The molecule has 2 N–H and O–H groups in total. The van der Waals surface area contributed by atoms with E-state index in [0.29, 0.717) is 18.9 Å². The van der Waals surface area contributed by atoms with Crippen LogP contribution >= 0.6 is 0 Å². The van der Waals surface area contributed by atoms with Gasteiger partial charge in [0.05, 0.1) is 49.5 Å². The Morgan fingerprint density at radius 2 is 2.41 bits per heavy atom. The lowest BCUT2D eigenvalue weighted by molar-refractivity contribution is 0.0726. The van der Waals surface area contributed by atoms with Crippen molar-refractivity contribution in [1.29, 1.82) is 0 Å². The number of rotatable bonds is 3. The third-order valence-corrected chi connectivity index (χ3v) is 2.97. The van der Waals surface area contributed by atoms with Gasteiger partial charge in [-0.2, -0.15) is 0 Å². The van der Waals surface area contributed by atoms with Crippen molar-refractivity contribution in [2.75, 3.05) is 31.3 Å². The summed E-state index contributed by atoms with van der Waals surface area (Å²) in [4.78, 5) is 6.29. The first-order chi connectivity index (χ1) is 8.22. The van der Waals surface area contributed by atoms with Crippen LogP contribution in [0, 0.1) is 0 Å². The van der Waals surface area contributed by atoms with E-state index in [1.165, 1.54) is 0 Å². The Bertz CT molecular complexity index is 353. The highest BCUT2D eigenvalue weighted by Crippen LogP contribution is 2.20. The molecule has 5 heteroatoms. The lowest BCUT2D eigenvalue weighted by atomic mass is 10.2. The van der Waals surface area contributed by atoms with Gasteiger partial charge in [0.1, 0.15) is 0 Å². The number of hydrogen-bond donors (Lipinski definition) is 2. The highest BCUT2D eigenvalue weighted by atomic mass is 16.5. The van der Waals surface area contributed by atoms with E-state index in [1.807, 2.05) is 12.1 Å². The molecule has 2 heterocycles. The fourth-order valence-corrected chi connectivity index (χ4v) is 1.96. The number of hydrogen-bond acceptors (Lipinski definition) is 5. The topological polar surface area (TPSA) is 65.8 Å². The quantitative estimate of drug-likeness (QED) is 0.794. The van der Waals surface area contributed by atoms with Crippen molar-refractivity contribution in [2.24, 2.45) is 0 Å². The van der Waals surface area contributed by atoms with E-state index in [9.17, 15) is 10.2 Å². The van der Waals surface area contributed by atoms with Crippen LogP contribution in [-0.4, -0.2) is 47.6 Å². The lowest BCUT2D eigenvalue weighted by Gasteiger charge is -2.36. The van der Waals surface area contributed by atoms with Crippen LogP contribution in [0.4, 0.5) is 5.69 Å². The third-order valence-electron chi connectivity index (χ3n) is 2.97. The molecule has 2 atom stereocenters. The van der Waals surface area contributed by atoms with Gasteiger partial charge >= 0.3 is 0 Å². The fraction of sp³-hybridized carbons (Fsp3) is 0.583. The number of anilines is 1. The van der Waals surface area contributed by atoms with Crippen molar-refractivity contribution in [3.8, 4) is 0 Å². The summed E-state index contributed by atoms with van der Waals surface area (Å²) in [6.07, 6.45) is 1.18. The average Bonchev–Trinajstić information content (AvgIpc) is 2.39. The molecule has 2 rings (SSSR count). The maximum Gasteiger partial charge on any atom is 0.0931 e. The van der Waals surface area contributed by atoms with E-state index >= 15 is 0 Å². The molecule has 0 spiro atoms. The van der Waals surface area contributed by atoms with E-state index in [0.717, 1.165) is 12.2 Å². The summed E-state index contributed by atoms with van der Waals surface area (Å²) in [6, 6.07) is 3.72. The Morgan fingerprint density at radius 3 is 3.00 bits per heavy atom. The molecule has 0 aliphatic carbocycles. The largest absolute Gasteiger partial charge is 0.394 e. The summed E-state index contributed by atoms with van der Waals surface area (Å²) in [5.41, 5.74) is 1.61. The summed E-state index contributed by atoms with van der Waals surface area (Å²) in [7, 11) is 0. The van der Waals surface area contributed by atoms with E-state index in [-0.39, 0.29) is 12.6 Å². The second-order valence-corrected chi connectivity index (χ2v) is 4.22. The summed E-state index contributed by atoms with van der Waals surface area (Å²) >= 11 is 0. The Morgan fingerprint density at radius 1 is 1.59 bits per heavy atom. The maximum absolute atomic E-state index is 9.39. The number of ether oxygens (including phenoxy) is 1. The van der Waals surface area contributed by atoms with Crippen LogP contribution in [0.25, 0.3) is 0 Å². The Kier molecular flexibility index (Phi) is 3.93. The zero-order valence-corrected chi connectivity index (χ0v) is 9.91. The van der Waals surface area contributed by atoms with Gasteiger partial charge in [-0.1, -0.05) is 0 Å². The molecule has 0 amide bonds. The van der Waals surface area contributed by atoms with Gasteiger partial charge in [-0.05, 0) is 19.1 Å². The normalized spacial score (nSPS) is 22.5. The van der Waals surface area contributed by atoms with Crippen molar-refractivity contribution in [1.82, 2.24) is 4.98 Å². The second-order valence-electron chi connectivity index (χ2n) is 4.22. The van der Waals surface area contributed by atoms with Gasteiger partial charge in [0.15, 0.2) is 0 Å². The molecule has 1 aromatic rings. The van der Waals surface area contributed by atoms with Crippen LogP contribution in [0.1, 0.15) is 18.7 Å². The molecular weight excluding hydrogens is 220 g/mol. The Labute approximate surface area is 101 Å². The predicted molar refractivity (Wildman–Crippen MR) is 63.9 cm³/mol. The van der Waals surface area contributed by atoms with Crippen molar-refractivity contribution in [2.45, 2.75) is 19.1 Å². The predicted octanol–water partition coefficient (Wildman–Crippen LogP) is 0.332. The van der Waals surface area contributed by atoms with Crippen LogP contribution < -0.4 is 4.90 Å². The molecule has 5 nitrogen and oxygen atoms in total. The van der Waals surface area contributed by atoms with E-state index in [2.05, 4.69) is 9.88 Å². The fourth-order valence-electron chi connectivity index (χ4n) is 1.96. The minimum Gasteiger partial charge on any atom is -0.394 e. The van der Waals surface area contributed by atoms with Gasteiger partial charge < -0.3 is 19.8 Å². The Balaban J connectivity index is 2.15. The molecule has 1 aromatic heterocycles. The zero-order chi connectivity index (χ0) is 12.3. The van der Waals surface area contributed by atoms with E-state index in [4.69, 9.17) is 4.74 Å². The Hall–Kier alpha value is -1.17. The molecule has 0 saturated carbocycles. The lowest BCUT2D eigenvalue weighted by Crippen LogP contribution is -2.47. The first-order valence-electron chi connectivity index (χ1n) is 5.81. The second kappa shape index (κ2) is 5.44. The number of aromatic nitrogens is 1. The molecule has 1 fully saturated rings. The molecule has 17 heavy (non-hydrogen) atoms. The molecular formula is C12H18N2O3. The number of pyridine rings is 1. The standard InChI is InChI=1S/C12H18N2O3/c1-9(16)12-3-2-10(6-13-12)14-4-5-17-8-11(14)7-15/h2-3,6,9,11,15-16H,4-5,7-8H2,1H3/t9-,11?/m1/s1. The number of aliphatic hydroxyl groups is 2. The van der Waals surface area contributed by atoms with E-state index in [1.54, 1.807) is 13.1 Å². The van der Waals surface area contributed by atoms with Gasteiger partial charge in [-0.3, -0.25) is 4.98 Å². The van der Waals surface area contributed by atoms with Gasteiger partial charge in [0.25, 0.3) is 0 Å². The van der Waals surface area contributed by atoms with Crippen molar-refractivity contribution in [3.63, 3.8) is 0 Å². The first-order valence-corrected chi connectivity index (χ1v) is 5.81. The molecule has 94 valence electrons. The summed E-state index contributed by atoms with van der Waals surface area (Å²) in [5.74, 6) is 0. The monoisotopic (exact) mass is 238 g/mol.